The average Bonchev–Trinajstić information content (AvgIpc) is 2.73. The van der Waals surface area contributed by atoms with Crippen LogP contribution in [0, 0.1) is 0 Å². The molecule has 3 rings (SSSR count). The molecule has 0 fully saturated rings. The van der Waals surface area contributed by atoms with E-state index in [1.54, 1.807) is 49.6 Å². The summed E-state index contributed by atoms with van der Waals surface area (Å²) in [6, 6.07) is 16.7. The topological polar surface area (TPSA) is 86.6 Å². The summed E-state index contributed by atoms with van der Waals surface area (Å²) in [4.78, 5) is 41.9. The van der Waals surface area contributed by atoms with E-state index in [1.165, 1.54) is 19.2 Å². The molecule has 0 bridgehead atoms. The molecule has 7 heteroatoms. The number of carbonyl (C=O) groups excluding carboxylic acids is 2. The van der Waals surface area contributed by atoms with E-state index < -0.39 is 11.5 Å². The zero-order chi connectivity index (χ0) is 20.8. The molecular weight excluding hydrogens is 372 g/mol. The summed E-state index contributed by atoms with van der Waals surface area (Å²) in [5.74, 6) is 0.0942. The number of hydrogen-bond acceptors (Lipinski definition) is 5. The van der Waals surface area contributed by atoms with Gasteiger partial charge in [0.25, 0.3) is 11.5 Å². The highest BCUT2D eigenvalue weighted by Crippen LogP contribution is 2.12. The first-order valence-corrected chi connectivity index (χ1v) is 8.88. The minimum Gasteiger partial charge on any atom is -0.497 e. The lowest BCUT2D eigenvalue weighted by molar-refractivity contribution is 0.0863. The van der Waals surface area contributed by atoms with Crippen LogP contribution >= 0.6 is 0 Å². The summed E-state index contributed by atoms with van der Waals surface area (Å²) in [7, 11) is 1.58. The number of nitrogens with one attached hydrogen (secondary N) is 1. The van der Waals surface area contributed by atoms with Crippen LogP contribution < -0.4 is 20.5 Å². The van der Waals surface area contributed by atoms with Crippen LogP contribution in [-0.2, 0) is 6.61 Å². The first kappa shape index (κ1) is 19.9. The van der Waals surface area contributed by atoms with Crippen molar-refractivity contribution in [2.75, 3.05) is 12.4 Å². The molecule has 0 radical (unpaired) electrons. The van der Waals surface area contributed by atoms with Crippen molar-refractivity contribution in [1.29, 1.82) is 0 Å². The van der Waals surface area contributed by atoms with E-state index >= 15 is 0 Å². The van der Waals surface area contributed by atoms with Gasteiger partial charge in [-0.25, -0.2) is 0 Å². The number of rotatable bonds is 7. The summed E-state index contributed by atoms with van der Waals surface area (Å²) in [6.07, 6.45) is 1.45. The second-order valence-corrected chi connectivity index (χ2v) is 6.26. The molecule has 7 nitrogen and oxygen atoms in total. The molecule has 3 aromatic rings. The quantitative estimate of drug-likeness (QED) is 0.625. The van der Waals surface area contributed by atoms with E-state index in [2.05, 4.69) is 5.32 Å². The SMILES string of the molecule is COc1ccc(COn2cccc(C(=O)Nc3ccc(C(C)=O)cc3)c2=O)cc1. The first-order chi connectivity index (χ1) is 14.0. The smallest absolute Gasteiger partial charge is 0.295 e. The van der Waals surface area contributed by atoms with Gasteiger partial charge in [0.2, 0.25) is 0 Å². The fourth-order valence-electron chi connectivity index (χ4n) is 2.60. The third kappa shape index (κ3) is 4.90. The van der Waals surface area contributed by atoms with Crippen molar-refractivity contribution in [3.63, 3.8) is 0 Å². The Labute approximate surface area is 167 Å². The molecule has 0 aliphatic heterocycles. The van der Waals surface area contributed by atoms with E-state index in [4.69, 9.17) is 9.57 Å². The Morgan fingerprint density at radius 2 is 1.69 bits per heavy atom. The fourth-order valence-corrected chi connectivity index (χ4v) is 2.60. The zero-order valence-electron chi connectivity index (χ0n) is 16.0. The third-order valence-electron chi connectivity index (χ3n) is 4.24. The van der Waals surface area contributed by atoms with Crippen molar-refractivity contribution in [3.8, 4) is 5.75 Å². The molecule has 0 saturated carbocycles. The summed E-state index contributed by atoms with van der Waals surface area (Å²) in [5.41, 5.74) is 1.24. The van der Waals surface area contributed by atoms with Gasteiger partial charge in [-0.15, -0.1) is 0 Å². The Kier molecular flexibility index (Phi) is 6.09. The van der Waals surface area contributed by atoms with Crippen molar-refractivity contribution in [2.45, 2.75) is 13.5 Å². The molecule has 1 heterocycles. The van der Waals surface area contributed by atoms with Gasteiger partial charge in [-0.3, -0.25) is 14.4 Å². The second-order valence-electron chi connectivity index (χ2n) is 6.26. The van der Waals surface area contributed by atoms with Gasteiger partial charge in [-0.2, -0.15) is 4.73 Å². The highest BCUT2D eigenvalue weighted by Gasteiger charge is 2.13. The number of ether oxygens (including phenoxy) is 1. The van der Waals surface area contributed by atoms with Crippen LogP contribution in [-0.4, -0.2) is 23.5 Å². The van der Waals surface area contributed by atoms with E-state index in [-0.39, 0.29) is 18.0 Å². The number of anilines is 1. The monoisotopic (exact) mass is 392 g/mol. The number of pyridine rings is 1. The molecule has 2 aromatic carbocycles. The molecule has 0 aliphatic rings. The molecule has 0 unspecified atom stereocenters. The molecule has 0 saturated heterocycles. The van der Waals surface area contributed by atoms with E-state index in [0.717, 1.165) is 16.0 Å². The average molecular weight is 392 g/mol. The van der Waals surface area contributed by atoms with Gasteiger partial charge in [0.05, 0.1) is 7.11 Å². The molecule has 1 aromatic heterocycles. The van der Waals surface area contributed by atoms with E-state index in [0.29, 0.717) is 11.3 Å². The predicted octanol–water partition coefficient (Wildman–Crippen LogP) is 2.94. The largest absolute Gasteiger partial charge is 0.497 e. The van der Waals surface area contributed by atoms with Crippen LogP contribution in [0.2, 0.25) is 0 Å². The predicted molar refractivity (Wildman–Crippen MR) is 108 cm³/mol. The fraction of sp³-hybridized carbons (Fsp3) is 0.136. The van der Waals surface area contributed by atoms with Crippen molar-refractivity contribution in [2.24, 2.45) is 0 Å². The second kappa shape index (κ2) is 8.88. The summed E-state index contributed by atoms with van der Waals surface area (Å²) in [6.45, 7) is 1.62. The van der Waals surface area contributed by atoms with Crippen LogP contribution in [0.4, 0.5) is 5.69 Å². The number of benzene rings is 2. The summed E-state index contributed by atoms with van der Waals surface area (Å²) >= 11 is 0. The van der Waals surface area contributed by atoms with Gasteiger partial charge in [-0.05, 0) is 61.0 Å². The van der Waals surface area contributed by atoms with Gasteiger partial charge >= 0.3 is 0 Å². The number of amides is 1. The Morgan fingerprint density at radius 1 is 1.00 bits per heavy atom. The van der Waals surface area contributed by atoms with Gasteiger partial charge in [0.15, 0.2) is 5.78 Å². The van der Waals surface area contributed by atoms with Crippen molar-refractivity contribution >= 4 is 17.4 Å². The van der Waals surface area contributed by atoms with Crippen LogP contribution in [0.3, 0.4) is 0 Å². The number of hydrogen-bond donors (Lipinski definition) is 1. The van der Waals surface area contributed by atoms with Crippen LogP contribution in [0.15, 0.2) is 71.7 Å². The van der Waals surface area contributed by atoms with E-state index in [9.17, 15) is 14.4 Å². The molecule has 0 atom stereocenters. The maximum absolute atomic E-state index is 12.6. The Morgan fingerprint density at radius 3 is 2.31 bits per heavy atom. The van der Waals surface area contributed by atoms with Crippen LogP contribution in [0.1, 0.15) is 33.2 Å². The summed E-state index contributed by atoms with van der Waals surface area (Å²) < 4.78 is 6.13. The first-order valence-electron chi connectivity index (χ1n) is 8.88. The molecule has 0 aliphatic carbocycles. The lowest BCUT2D eigenvalue weighted by Crippen LogP contribution is -2.32. The number of ketones is 1. The van der Waals surface area contributed by atoms with Gasteiger partial charge < -0.3 is 14.9 Å². The highest BCUT2D eigenvalue weighted by molar-refractivity contribution is 6.04. The van der Waals surface area contributed by atoms with Crippen molar-refractivity contribution in [1.82, 2.24) is 4.73 Å². The van der Waals surface area contributed by atoms with Gasteiger partial charge in [-0.1, -0.05) is 12.1 Å². The van der Waals surface area contributed by atoms with Crippen molar-refractivity contribution < 1.29 is 19.2 Å². The van der Waals surface area contributed by atoms with Gasteiger partial charge in [0.1, 0.15) is 17.9 Å². The molecule has 1 N–H and O–H groups in total. The Hall–Kier alpha value is -3.87. The normalized spacial score (nSPS) is 10.3. The Balaban J connectivity index is 1.70. The maximum Gasteiger partial charge on any atom is 0.295 e. The number of aromatic nitrogens is 1. The third-order valence-corrected chi connectivity index (χ3v) is 4.24. The number of Topliss-reactive ketones (excluding diaryl/α,β-unsaturated/α-hetero) is 1. The lowest BCUT2D eigenvalue weighted by Gasteiger charge is -2.11. The zero-order valence-corrected chi connectivity index (χ0v) is 16.0. The standard InChI is InChI=1S/C22H20N2O5/c1-15(25)17-7-9-18(10-8-17)23-21(26)20-4-3-13-24(22(20)27)29-14-16-5-11-19(28-2)12-6-16/h3-13H,14H2,1-2H3,(H,23,26). The Bertz CT molecular complexity index is 1070. The number of nitrogens with zero attached hydrogens (tertiary/aromatic N) is 1. The molecule has 0 spiro atoms. The molecule has 29 heavy (non-hydrogen) atoms. The maximum atomic E-state index is 12.6. The molecular formula is C22H20N2O5. The molecule has 148 valence electrons. The lowest BCUT2D eigenvalue weighted by atomic mass is 10.1. The van der Waals surface area contributed by atoms with Crippen LogP contribution in [0.5, 0.6) is 5.75 Å². The highest BCUT2D eigenvalue weighted by atomic mass is 16.7. The summed E-state index contributed by atoms with van der Waals surface area (Å²) in [5, 5.41) is 2.65. The molecule has 1 amide bonds. The number of methoxy groups -OCH3 is 1. The van der Waals surface area contributed by atoms with E-state index in [1.807, 2.05) is 12.1 Å². The van der Waals surface area contributed by atoms with Crippen LogP contribution in [0.25, 0.3) is 0 Å². The minimum atomic E-state index is -0.570. The van der Waals surface area contributed by atoms with Gasteiger partial charge in [0, 0.05) is 17.4 Å². The minimum absolute atomic E-state index is 0.0575. The number of carbonyl (C=O) groups is 2. The van der Waals surface area contributed by atoms with Crippen molar-refractivity contribution in [3.05, 3.63) is 93.9 Å².